The third kappa shape index (κ3) is 3.98. The third-order valence-electron chi connectivity index (χ3n) is 6.23. The van der Waals surface area contributed by atoms with Crippen molar-refractivity contribution in [3.63, 3.8) is 0 Å². The van der Waals surface area contributed by atoms with Gasteiger partial charge in [0.25, 0.3) is 11.0 Å². The Balaban J connectivity index is 1.49. The highest BCUT2D eigenvalue weighted by Gasteiger charge is 2.31. The first-order chi connectivity index (χ1) is 16.6. The summed E-state index contributed by atoms with van der Waals surface area (Å²) in [6.07, 6.45) is 0. The van der Waals surface area contributed by atoms with Crippen molar-refractivity contribution in [3.8, 4) is 17.3 Å². The Labute approximate surface area is 202 Å². The number of benzene rings is 3. The Morgan fingerprint density at radius 2 is 1.47 bits per heavy atom. The molecule has 0 spiro atoms. The lowest BCUT2D eigenvalue weighted by atomic mass is 10.1. The number of rotatable bonds is 4. The van der Waals surface area contributed by atoms with Crippen LogP contribution in [0.5, 0.6) is 0 Å². The van der Waals surface area contributed by atoms with Gasteiger partial charge >= 0.3 is 11.4 Å². The zero-order chi connectivity index (χ0) is 23.7. The highest BCUT2D eigenvalue weighted by atomic mass is 35.5. The van der Waals surface area contributed by atoms with Crippen LogP contribution in [0.15, 0.2) is 72.8 Å². The summed E-state index contributed by atoms with van der Waals surface area (Å²) in [5.41, 5.74) is 2.52. The van der Waals surface area contributed by atoms with Crippen molar-refractivity contribution in [2.75, 3.05) is 31.1 Å². The summed E-state index contributed by atoms with van der Waals surface area (Å²) in [5, 5.41) is 36.4. The molecule has 0 amide bonds. The smallest absolute Gasteiger partial charge is 0.369 e. The van der Waals surface area contributed by atoms with Crippen molar-refractivity contribution >= 4 is 28.3 Å². The summed E-state index contributed by atoms with van der Waals surface area (Å²) < 4.78 is 1.17. The molecule has 0 N–H and O–H groups in total. The molecular weight excluding hydrogens is 450 g/mol. The molecule has 8 heteroatoms. The fourth-order valence-corrected chi connectivity index (χ4v) is 4.76. The van der Waals surface area contributed by atoms with Gasteiger partial charge in [0, 0.05) is 44.9 Å². The van der Waals surface area contributed by atoms with E-state index in [9.17, 15) is 15.7 Å². The number of aromatic nitrogens is 2. The van der Waals surface area contributed by atoms with Crippen LogP contribution in [0.1, 0.15) is 11.3 Å². The minimum atomic E-state index is -0.257. The van der Waals surface area contributed by atoms with Crippen LogP contribution >= 0.6 is 11.6 Å². The summed E-state index contributed by atoms with van der Waals surface area (Å²) in [6.45, 7) is 4.08. The van der Waals surface area contributed by atoms with E-state index < -0.39 is 0 Å². The zero-order valence-corrected chi connectivity index (χ0v) is 19.2. The number of fused-ring (bicyclic) bond motifs is 1. The van der Waals surface area contributed by atoms with E-state index in [0.29, 0.717) is 25.7 Å². The number of piperazine rings is 1. The van der Waals surface area contributed by atoms with Crippen molar-refractivity contribution in [2.24, 2.45) is 0 Å². The van der Waals surface area contributed by atoms with Gasteiger partial charge in [0.05, 0.1) is 16.3 Å². The van der Waals surface area contributed by atoms with Crippen LogP contribution in [0.4, 0.5) is 5.69 Å². The molecule has 3 aromatic carbocycles. The molecule has 1 aromatic heterocycles. The van der Waals surface area contributed by atoms with E-state index in [4.69, 9.17) is 11.6 Å². The van der Waals surface area contributed by atoms with Crippen LogP contribution < -0.4 is 14.4 Å². The van der Waals surface area contributed by atoms with Crippen LogP contribution in [0.25, 0.3) is 22.3 Å². The Morgan fingerprint density at radius 1 is 0.853 bits per heavy atom. The topological polar surface area (TPSA) is 84.2 Å². The maximum Gasteiger partial charge on any atom is 0.369 e. The molecule has 0 radical (unpaired) electrons. The van der Waals surface area contributed by atoms with E-state index in [0.717, 1.165) is 32.7 Å². The molecule has 0 saturated carbocycles. The molecule has 0 unspecified atom stereocenters. The van der Waals surface area contributed by atoms with Crippen LogP contribution in [0.3, 0.4) is 0 Å². The zero-order valence-electron chi connectivity index (χ0n) is 18.4. The normalized spacial score (nSPS) is 14.3. The molecule has 34 heavy (non-hydrogen) atoms. The van der Waals surface area contributed by atoms with Crippen molar-refractivity contribution < 1.29 is 9.46 Å². The van der Waals surface area contributed by atoms with Crippen LogP contribution in [-0.2, 0) is 6.54 Å². The highest BCUT2D eigenvalue weighted by Crippen LogP contribution is 2.31. The van der Waals surface area contributed by atoms with Crippen molar-refractivity contribution in [1.29, 1.82) is 5.26 Å². The Morgan fingerprint density at radius 3 is 2.12 bits per heavy atom. The number of hydrogen-bond acceptors (Lipinski definition) is 5. The molecule has 5 rings (SSSR count). The molecule has 0 atom stereocenters. The second-order valence-corrected chi connectivity index (χ2v) is 8.71. The van der Waals surface area contributed by atoms with E-state index in [1.807, 2.05) is 30.3 Å². The predicted molar refractivity (Wildman–Crippen MR) is 131 cm³/mol. The molecule has 1 aliphatic rings. The minimum Gasteiger partial charge on any atom is -0.617 e. The predicted octanol–water partition coefficient (Wildman–Crippen LogP) is 3.62. The molecule has 1 aliphatic heterocycles. The number of halogens is 1. The largest absolute Gasteiger partial charge is 0.617 e. The fourth-order valence-electron chi connectivity index (χ4n) is 4.48. The van der Waals surface area contributed by atoms with E-state index in [1.54, 1.807) is 30.3 Å². The third-order valence-corrected chi connectivity index (χ3v) is 6.53. The lowest BCUT2D eigenvalue weighted by Gasteiger charge is -2.36. The monoisotopic (exact) mass is 471 g/mol. The lowest BCUT2D eigenvalue weighted by molar-refractivity contribution is -0.622. The molecular formula is C26H22ClN5O2. The van der Waals surface area contributed by atoms with Crippen LogP contribution in [0, 0.1) is 21.7 Å². The average molecular weight is 472 g/mol. The first kappa shape index (κ1) is 22.0. The Kier molecular flexibility index (Phi) is 5.93. The fraction of sp³-hybridized carbons (Fsp3) is 0.192. The van der Waals surface area contributed by atoms with Gasteiger partial charge < -0.3 is 15.3 Å². The number of nitriles is 1. The summed E-state index contributed by atoms with van der Waals surface area (Å²) in [5.74, 6) is 0. The quantitative estimate of drug-likeness (QED) is 0.335. The minimum absolute atomic E-state index is 0.0338. The SMILES string of the molecule is N#Cc1c(-c2ccccc2)[n+]([O-])c2cc(N3CCN(Cc4ccccc4)CC3)c(Cl)cc2[n+]1[O-]. The van der Waals surface area contributed by atoms with Gasteiger partial charge in [0.2, 0.25) is 0 Å². The second kappa shape index (κ2) is 9.18. The van der Waals surface area contributed by atoms with Gasteiger partial charge in [-0.1, -0.05) is 60.1 Å². The van der Waals surface area contributed by atoms with Crippen molar-refractivity contribution in [3.05, 3.63) is 99.5 Å². The summed E-state index contributed by atoms with van der Waals surface area (Å²) in [6, 6.07) is 24.1. The van der Waals surface area contributed by atoms with E-state index in [2.05, 4.69) is 21.9 Å². The van der Waals surface area contributed by atoms with Gasteiger partial charge in [0.1, 0.15) is 0 Å². The molecule has 0 bridgehead atoms. The van der Waals surface area contributed by atoms with Crippen LogP contribution in [0.2, 0.25) is 5.02 Å². The number of anilines is 1. The van der Waals surface area contributed by atoms with Crippen molar-refractivity contribution in [1.82, 2.24) is 4.90 Å². The highest BCUT2D eigenvalue weighted by molar-refractivity contribution is 6.34. The van der Waals surface area contributed by atoms with E-state index in [1.165, 1.54) is 11.6 Å². The van der Waals surface area contributed by atoms with Crippen molar-refractivity contribution in [2.45, 2.75) is 6.54 Å². The molecule has 1 fully saturated rings. The summed E-state index contributed by atoms with van der Waals surface area (Å²) >= 11 is 6.58. The number of nitrogens with zero attached hydrogens (tertiary/aromatic N) is 5. The lowest BCUT2D eigenvalue weighted by Crippen LogP contribution is -2.46. The summed E-state index contributed by atoms with van der Waals surface area (Å²) in [7, 11) is 0. The molecule has 2 heterocycles. The molecule has 1 saturated heterocycles. The summed E-state index contributed by atoms with van der Waals surface area (Å²) in [4.78, 5) is 4.52. The number of hydrogen-bond donors (Lipinski definition) is 0. The molecule has 4 aromatic rings. The molecule has 0 aliphatic carbocycles. The maximum absolute atomic E-state index is 13.4. The van der Waals surface area contributed by atoms with Gasteiger partial charge in [-0.25, -0.2) is 0 Å². The van der Waals surface area contributed by atoms with Crippen LogP contribution in [-0.4, -0.2) is 31.1 Å². The first-order valence-corrected chi connectivity index (χ1v) is 11.4. The standard InChI is InChI=1S/C26H22ClN5O2/c27-21-15-23-24(32(34)26(25(17-28)31(23)33)20-9-5-2-6-10-20)16-22(21)30-13-11-29(12-14-30)18-19-7-3-1-4-8-19/h1-10,15-16H,11-14,18H2. The first-order valence-electron chi connectivity index (χ1n) is 11.1. The Bertz CT molecular complexity index is 1380. The average Bonchev–Trinajstić information content (AvgIpc) is 2.87. The maximum atomic E-state index is 13.4. The molecule has 7 nitrogen and oxygen atoms in total. The van der Waals surface area contributed by atoms with Gasteiger partial charge in [-0.2, -0.15) is 9.99 Å². The van der Waals surface area contributed by atoms with Gasteiger partial charge in [-0.3, -0.25) is 4.90 Å². The van der Waals surface area contributed by atoms with Gasteiger partial charge in [0.15, 0.2) is 6.07 Å². The van der Waals surface area contributed by atoms with E-state index in [-0.39, 0.29) is 22.4 Å². The van der Waals surface area contributed by atoms with E-state index >= 15 is 0 Å². The Hall–Kier alpha value is -3.86. The van der Waals surface area contributed by atoms with Gasteiger partial charge in [-0.05, 0) is 17.7 Å². The molecule has 170 valence electrons. The second-order valence-electron chi connectivity index (χ2n) is 8.30. The van der Waals surface area contributed by atoms with Gasteiger partial charge in [-0.15, -0.1) is 4.73 Å².